The predicted octanol–water partition coefficient (Wildman–Crippen LogP) is 4.86. The van der Waals surface area contributed by atoms with Gasteiger partial charge in [0.1, 0.15) is 6.54 Å². The van der Waals surface area contributed by atoms with Gasteiger partial charge in [0.05, 0.1) is 23.0 Å². The van der Waals surface area contributed by atoms with Crippen LogP contribution in [0.4, 0.5) is 0 Å². The van der Waals surface area contributed by atoms with E-state index < -0.39 is 15.9 Å². The van der Waals surface area contributed by atoms with Gasteiger partial charge in [-0.25, -0.2) is 8.42 Å². The van der Waals surface area contributed by atoms with Crippen molar-refractivity contribution in [3.05, 3.63) is 76.0 Å². The minimum Gasteiger partial charge on any atom is -0.342 e. The fourth-order valence-electron chi connectivity index (χ4n) is 3.94. The summed E-state index contributed by atoms with van der Waals surface area (Å²) in [6, 6.07) is 18.4. The molecule has 2 atom stereocenters. The molecule has 2 N–H and O–H groups in total. The molecule has 1 unspecified atom stereocenters. The van der Waals surface area contributed by atoms with Crippen LogP contribution in [0.5, 0.6) is 0 Å². The Bertz CT molecular complexity index is 1290. The Kier molecular flexibility index (Phi) is 8.84. The minimum absolute atomic E-state index is 0.0232. The smallest absolute Gasteiger partial charge is 0.237 e. The molecule has 0 aliphatic heterocycles. The van der Waals surface area contributed by atoms with Crippen molar-refractivity contribution in [2.75, 3.05) is 12.8 Å². The molecule has 0 fully saturated rings. The number of nitriles is 1. The second-order valence-corrected chi connectivity index (χ2v) is 12.0. The van der Waals surface area contributed by atoms with Gasteiger partial charge in [0.15, 0.2) is 9.84 Å². The summed E-state index contributed by atoms with van der Waals surface area (Å²) >= 11 is 1.64. The van der Waals surface area contributed by atoms with Crippen molar-refractivity contribution >= 4 is 27.1 Å². The number of nitrogens with one attached hydrogen (secondary N) is 2. The summed E-state index contributed by atoms with van der Waals surface area (Å²) in [5, 5.41) is 17.2. The highest BCUT2D eigenvalue weighted by atomic mass is 32.2. The molecule has 0 aliphatic rings. The number of benzene rings is 2. The number of rotatable bonds is 10. The summed E-state index contributed by atoms with van der Waals surface area (Å²) in [5.74, 6) is 0.116. The van der Waals surface area contributed by atoms with Crippen LogP contribution >= 0.6 is 11.3 Å². The molecular formula is C27H31N3O3S2. The average Bonchev–Trinajstić information content (AvgIpc) is 3.25. The Morgan fingerprint density at radius 1 is 1.03 bits per heavy atom. The lowest BCUT2D eigenvalue weighted by atomic mass is 9.96. The molecule has 8 heteroatoms. The summed E-state index contributed by atoms with van der Waals surface area (Å²) in [7, 11) is -3.24. The lowest BCUT2D eigenvalue weighted by Crippen LogP contribution is -2.46. The maximum absolute atomic E-state index is 12.8. The molecule has 0 saturated carbocycles. The molecule has 0 spiro atoms. The number of hydrogen-bond donors (Lipinski definition) is 2. The van der Waals surface area contributed by atoms with Crippen LogP contribution in [0.15, 0.2) is 64.9 Å². The third kappa shape index (κ3) is 7.01. The number of thiophene rings is 1. The van der Waals surface area contributed by atoms with Crippen molar-refractivity contribution in [1.82, 2.24) is 10.6 Å². The van der Waals surface area contributed by atoms with Crippen LogP contribution in [0.3, 0.4) is 0 Å². The van der Waals surface area contributed by atoms with E-state index in [1.165, 1.54) is 6.26 Å². The molecule has 184 valence electrons. The molecule has 1 aromatic heterocycles. The number of sulfone groups is 1. The third-order valence-electron chi connectivity index (χ3n) is 5.76. The molecule has 0 aliphatic carbocycles. The Morgan fingerprint density at radius 2 is 1.63 bits per heavy atom. The van der Waals surface area contributed by atoms with Gasteiger partial charge in [0.25, 0.3) is 0 Å². The Morgan fingerprint density at radius 3 is 2.11 bits per heavy atom. The monoisotopic (exact) mass is 509 g/mol. The summed E-state index contributed by atoms with van der Waals surface area (Å²) in [4.78, 5) is 14.3. The topological polar surface area (TPSA) is 99.1 Å². The largest absolute Gasteiger partial charge is 0.342 e. The van der Waals surface area contributed by atoms with E-state index in [-0.39, 0.29) is 18.5 Å². The first-order chi connectivity index (χ1) is 16.6. The fourth-order valence-corrected chi connectivity index (χ4v) is 5.58. The number of aryl methyl sites for hydroxylation is 1. The maximum atomic E-state index is 12.8. The van der Waals surface area contributed by atoms with Gasteiger partial charge in [0.2, 0.25) is 5.91 Å². The highest BCUT2D eigenvalue weighted by Crippen LogP contribution is 2.32. The Labute approximate surface area is 211 Å². The summed E-state index contributed by atoms with van der Waals surface area (Å²) in [5.41, 5.74) is 4.07. The van der Waals surface area contributed by atoms with Gasteiger partial charge in [-0.15, -0.1) is 11.3 Å². The normalized spacial score (nSPS) is 13.3. The quantitative estimate of drug-likeness (QED) is 0.380. The van der Waals surface area contributed by atoms with Gasteiger partial charge in [-0.05, 0) is 65.1 Å². The minimum atomic E-state index is -3.24. The molecule has 35 heavy (non-hydrogen) atoms. The highest BCUT2D eigenvalue weighted by Gasteiger charge is 2.26. The van der Waals surface area contributed by atoms with Gasteiger partial charge in [-0.2, -0.15) is 5.26 Å². The first-order valence-corrected chi connectivity index (χ1v) is 14.2. The van der Waals surface area contributed by atoms with Gasteiger partial charge in [-0.1, -0.05) is 50.2 Å². The molecule has 1 heterocycles. The second kappa shape index (κ2) is 11.6. The van der Waals surface area contributed by atoms with E-state index in [9.17, 15) is 13.2 Å². The van der Waals surface area contributed by atoms with Crippen LogP contribution in [-0.4, -0.2) is 33.2 Å². The van der Waals surface area contributed by atoms with Crippen LogP contribution < -0.4 is 10.6 Å². The molecular weight excluding hydrogens is 478 g/mol. The van der Waals surface area contributed by atoms with Gasteiger partial charge >= 0.3 is 0 Å². The van der Waals surface area contributed by atoms with E-state index in [0.717, 1.165) is 27.1 Å². The third-order valence-corrected chi connectivity index (χ3v) is 7.97. The van der Waals surface area contributed by atoms with Crippen LogP contribution in [0.25, 0.3) is 11.1 Å². The molecule has 2 aromatic carbocycles. The van der Waals surface area contributed by atoms with Crippen molar-refractivity contribution in [2.45, 2.75) is 44.2 Å². The van der Waals surface area contributed by atoms with E-state index in [1.54, 1.807) is 23.5 Å². The van der Waals surface area contributed by atoms with Crippen molar-refractivity contribution < 1.29 is 13.2 Å². The fraction of sp³-hybridized carbons (Fsp3) is 0.333. The SMILES string of the molecule is Cc1ccsc1[C@@H](NC(CC(C)C)C(=O)NCC#N)c1ccc(-c2ccc(S(C)(=O)=O)cc2)cc1. The standard InChI is InChI=1S/C27H31N3O3S2/c1-18(2)17-24(27(31)29-15-14-28)30-25(26-19(3)13-16-34-26)22-7-5-20(6-8-22)21-9-11-23(12-10-21)35(4,32)33/h5-13,16,18,24-25,30H,15,17H2,1-4H3,(H,29,31)/t24?,25-/m0/s1. The number of amides is 1. The molecule has 0 bridgehead atoms. The van der Waals surface area contributed by atoms with E-state index in [1.807, 2.05) is 47.8 Å². The summed E-state index contributed by atoms with van der Waals surface area (Å²) in [6.45, 7) is 6.18. The Hall–Kier alpha value is -2.99. The van der Waals surface area contributed by atoms with E-state index in [0.29, 0.717) is 17.2 Å². The number of carbonyl (C=O) groups excluding carboxylic acids is 1. The second-order valence-electron chi connectivity index (χ2n) is 9.04. The van der Waals surface area contributed by atoms with Gasteiger partial charge in [0, 0.05) is 11.1 Å². The molecule has 0 saturated heterocycles. The molecule has 3 rings (SSSR count). The van der Waals surface area contributed by atoms with Gasteiger partial charge in [-0.3, -0.25) is 10.1 Å². The highest BCUT2D eigenvalue weighted by molar-refractivity contribution is 7.90. The van der Waals surface area contributed by atoms with Crippen molar-refractivity contribution in [3.63, 3.8) is 0 Å². The first-order valence-electron chi connectivity index (χ1n) is 11.4. The zero-order valence-electron chi connectivity index (χ0n) is 20.4. The van der Waals surface area contributed by atoms with Gasteiger partial charge < -0.3 is 5.32 Å². The average molecular weight is 510 g/mol. The van der Waals surface area contributed by atoms with Crippen molar-refractivity contribution in [1.29, 1.82) is 5.26 Å². The maximum Gasteiger partial charge on any atom is 0.237 e. The zero-order chi connectivity index (χ0) is 25.6. The number of hydrogen-bond acceptors (Lipinski definition) is 6. The lowest BCUT2D eigenvalue weighted by molar-refractivity contribution is -0.123. The van der Waals surface area contributed by atoms with Crippen LogP contribution in [0.2, 0.25) is 0 Å². The number of carbonyl (C=O) groups is 1. The van der Waals surface area contributed by atoms with E-state index >= 15 is 0 Å². The van der Waals surface area contributed by atoms with Crippen LogP contribution in [0, 0.1) is 24.2 Å². The van der Waals surface area contributed by atoms with Crippen molar-refractivity contribution in [3.8, 4) is 17.2 Å². The van der Waals surface area contributed by atoms with E-state index in [2.05, 4.69) is 37.5 Å². The molecule has 3 aromatic rings. The molecule has 0 radical (unpaired) electrons. The number of nitrogens with zero attached hydrogens (tertiary/aromatic N) is 1. The molecule has 1 amide bonds. The Balaban J connectivity index is 1.92. The van der Waals surface area contributed by atoms with Crippen LogP contribution in [0.1, 0.15) is 42.3 Å². The van der Waals surface area contributed by atoms with Crippen LogP contribution in [-0.2, 0) is 14.6 Å². The van der Waals surface area contributed by atoms with Crippen molar-refractivity contribution in [2.24, 2.45) is 5.92 Å². The first kappa shape index (κ1) is 26.6. The zero-order valence-corrected chi connectivity index (χ0v) is 22.0. The molecule has 6 nitrogen and oxygen atoms in total. The summed E-state index contributed by atoms with van der Waals surface area (Å²) < 4.78 is 23.5. The predicted molar refractivity (Wildman–Crippen MR) is 141 cm³/mol. The van der Waals surface area contributed by atoms with E-state index in [4.69, 9.17) is 5.26 Å². The lowest BCUT2D eigenvalue weighted by Gasteiger charge is -2.27. The summed E-state index contributed by atoms with van der Waals surface area (Å²) in [6.07, 6.45) is 1.84.